The second kappa shape index (κ2) is 6.80. The topological polar surface area (TPSA) is 61.9 Å². The molecular formula is C21H18N4O. The molecule has 0 aliphatic heterocycles. The molecule has 2 aromatic carbocycles. The number of benzene rings is 2. The minimum Gasteiger partial charge on any atom is -0.345 e. The van der Waals surface area contributed by atoms with Crippen LogP contribution in [0.4, 0.5) is 0 Å². The Bertz CT molecular complexity index is 1050. The summed E-state index contributed by atoms with van der Waals surface area (Å²) in [6.45, 7) is 0.521. The number of H-pyrrole nitrogens is 1. The van der Waals surface area contributed by atoms with Crippen LogP contribution in [0.3, 0.4) is 0 Å². The molecule has 5 heteroatoms. The lowest BCUT2D eigenvalue weighted by molar-refractivity contribution is 0.0785. The van der Waals surface area contributed by atoms with Crippen LogP contribution in [-0.2, 0) is 6.54 Å². The average molecular weight is 342 g/mol. The van der Waals surface area contributed by atoms with E-state index in [1.165, 1.54) is 0 Å². The van der Waals surface area contributed by atoms with E-state index in [1.807, 2.05) is 61.6 Å². The van der Waals surface area contributed by atoms with E-state index in [0.717, 1.165) is 27.9 Å². The first-order chi connectivity index (χ1) is 12.7. The summed E-state index contributed by atoms with van der Waals surface area (Å²) in [5.41, 5.74) is 3.54. The largest absolute Gasteiger partial charge is 0.345 e. The van der Waals surface area contributed by atoms with Crippen LogP contribution < -0.4 is 0 Å². The standard InChI is InChI=1S/C21H18N4O/c1-25(14-17-7-3-9-19-18(17)8-4-10-22-19)21(26)16-6-2-5-15(13-16)20-23-11-12-24-20/h2-13H,14H2,1H3,(H,23,24). The molecule has 0 aliphatic rings. The fourth-order valence-corrected chi connectivity index (χ4v) is 3.08. The Hall–Kier alpha value is -3.47. The molecule has 4 rings (SSSR count). The van der Waals surface area contributed by atoms with Crippen LogP contribution in [0.25, 0.3) is 22.3 Å². The summed E-state index contributed by atoms with van der Waals surface area (Å²) in [6.07, 6.45) is 5.25. The van der Waals surface area contributed by atoms with Crippen molar-refractivity contribution >= 4 is 16.8 Å². The molecule has 0 unspecified atom stereocenters. The van der Waals surface area contributed by atoms with Gasteiger partial charge in [0.25, 0.3) is 5.91 Å². The van der Waals surface area contributed by atoms with Gasteiger partial charge in [0.05, 0.1) is 5.52 Å². The summed E-state index contributed by atoms with van der Waals surface area (Å²) in [6, 6.07) is 17.4. The summed E-state index contributed by atoms with van der Waals surface area (Å²) < 4.78 is 0. The Morgan fingerprint density at radius 3 is 2.77 bits per heavy atom. The van der Waals surface area contributed by atoms with Crippen LogP contribution in [0.15, 0.2) is 73.2 Å². The number of fused-ring (bicyclic) bond motifs is 1. The van der Waals surface area contributed by atoms with E-state index < -0.39 is 0 Å². The fourth-order valence-electron chi connectivity index (χ4n) is 3.08. The molecule has 2 heterocycles. The summed E-state index contributed by atoms with van der Waals surface area (Å²) in [4.78, 5) is 26.3. The van der Waals surface area contributed by atoms with E-state index in [1.54, 1.807) is 23.5 Å². The van der Waals surface area contributed by atoms with Gasteiger partial charge < -0.3 is 9.88 Å². The molecule has 2 aromatic heterocycles. The number of rotatable bonds is 4. The highest BCUT2D eigenvalue weighted by Gasteiger charge is 2.14. The van der Waals surface area contributed by atoms with Crippen molar-refractivity contribution in [1.29, 1.82) is 0 Å². The first-order valence-corrected chi connectivity index (χ1v) is 8.40. The van der Waals surface area contributed by atoms with E-state index >= 15 is 0 Å². The van der Waals surface area contributed by atoms with Crippen molar-refractivity contribution in [2.45, 2.75) is 6.54 Å². The number of nitrogens with one attached hydrogen (secondary N) is 1. The Balaban J connectivity index is 1.59. The predicted molar refractivity (Wildman–Crippen MR) is 102 cm³/mol. The van der Waals surface area contributed by atoms with Gasteiger partial charge in [-0.3, -0.25) is 9.78 Å². The third-order valence-corrected chi connectivity index (χ3v) is 4.37. The molecule has 128 valence electrons. The van der Waals surface area contributed by atoms with Gasteiger partial charge in [-0.1, -0.05) is 30.3 Å². The number of aromatic amines is 1. The highest BCUT2D eigenvalue weighted by Crippen LogP contribution is 2.20. The summed E-state index contributed by atoms with van der Waals surface area (Å²) >= 11 is 0. The predicted octanol–water partition coefficient (Wildman–Crippen LogP) is 3.90. The summed E-state index contributed by atoms with van der Waals surface area (Å²) in [5, 5.41) is 1.07. The van der Waals surface area contributed by atoms with Crippen molar-refractivity contribution in [3.05, 3.63) is 84.3 Å². The van der Waals surface area contributed by atoms with Crippen LogP contribution in [0, 0.1) is 0 Å². The second-order valence-electron chi connectivity index (χ2n) is 6.17. The molecule has 0 saturated heterocycles. The van der Waals surface area contributed by atoms with Crippen molar-refractivity contribution < 1.29 is 4.79 Å². The van der Waals surface area contributed by atoms with Gasteiger partial charge in [-0.05, 0) is 29.8 Å². The van der Waals surface area contributed by atoms with Crippen molar-refractivity contribution in [3.63, 3.8) is 0 Å². The monoisotopic (exact) mass is 342 g/mol. The lowest BCUT2D eigenvalue weighted by atomic mass is 10.1. The number of hydrogen-bond acceptors (Lipinski definition) is 3. The zero-order chi connectivity index (χ0) is 17.9. The maximum atomic E-state index is 12.9. The molecule has 0 aliphatic carbocycles. The van der Waals surface area contributed by atoms with E-state index in [0.29, 0.717) is 12.1 Å². The van der Waals surface area contributed by atoms with Gasteiger partial charge in [-0.25, -0.2) is 4.98 Å². The maximum absolute atomic E-state index is 12.9. The Morgan fingerprint density at radius 2 is 1.92 bits per heavy atom. The molecule has 5 nitrogen and oxygen atoms in total. The second-order valence-corrected chi connectivity index (χ2v) is 6.17. The molecule has 1 N–H and O–H groups in total. The molecule has 0 fully saturated rings. The van der Waals surface area contributed by atoms with E-state index in [9.17, 15) is 4.79 Å². The van der Waals surface area contributed by atoms with Crippen LogP contribution >= 0.6 is 0 Å². The third kappa shape index (κ3) is 3.07. The molecule has 0 spiro atoms. The van der Waals surface area contributed by atoms with Crippen LogP contribution in [0.2, 0.25) is 0 Å². The summed E-state index contributed by atoms with van der Waals surface area (Å²) in [7, 11) is 1.82. The van der Waals surface area contributed by atoms with Crippen molar-refractivity contribution in [3.8, 4) is 11.4 Å². The van der Waals surface area contributed by atoms with Gasteiger partial charge >= 0.3 is 0 Å². The fraction of sp³-hybridized carbons (Fsp3) is 0.0952. The van der Waals surface area contributed by atoms with Crippen LogP contribution in [0.1, 0.15) is 15.9 Å². The average Bonchev–Trinajstić information content (AvgIpc) is 3.23. The van der Waals surface area contributed by atoms with Crippen LogP contribution in [0.5, 0.6) is 0 Å². The zero-order valence-electron chi connectivity index (χ0n) is 14.4. The van der Waals surface area contributed by atoms with Gasteiger partial charge in [-0.15, -0.1) is 0 Å². The number of imidazole rings is 1. The number of carbonyl (C=O) groups excluding carboxylic acids is 1. The summed E-state index contributed by atoms with van der Waals surface area (Å²) in [5.74, 6) is 0.724. The molecule has 4 aromatic rings. The highest BCUT2D eigenvalue weighted by molar-refractivity contribution is 5.95. The van der Waals surface area contributed by atoms with Gasteiger partial charge in [0.15, 0.2) is 0 Å². The lowest BCUT2D eigenvalue weighted by Gasteiger charge is -2.18. The Kier molecular flexibility index (Phi) is 4.19. The number of amides is 1. The van der Waals surface area contributed by atoms with Crippen LogP contribution in [-0.4, -0.2) is 32.8 Å². The smallest absolute Gasteiger partial charge is 0.253 e. The molecule has 1 amide bonds. The van der Waals surface area contributed by atoms with E-state index in [4.69, 9.17) is 0 Å². The number of hydrogen-bond donors (Lipinski definition) is 1. The number of nitrogens with zero attached hydrogens (tertiary/aromatic N) is 3. The third-order valence-electron chi connectivity index (χ3n) is 4.37. The van der Waals surface area contributed by atoms with Crippen molar-refractivity contribution in [2.75, 3.05) is 7.05 Å². The minimum atomic E-state index is -0.0284. The van der Waals surface area contributed by atoms with E-state index in [2.05, 4.69) is 15.0 Å². The highest BCUT2D eigenvalue weighted by atomic mass is 16.2. The Morgan fingerprint density at radius 1 is 1.04 bits per heavy atom. The SMILES string of the molecule is CN(Cc1cccc2ncccc12)C(=O)c1cccc(-c2ncc[nH]2)c1. The Labute approximate surface area is 151 Å². The van der Waals surface area contributed by atoms with Crippen molar-refractivity contribution in [1.82, 2.24) is 19.9 Å². The molecule has 0 saturated carbocycles. The minimum absolute atomic E-state index is 0.0284. The quantitative estimate of drug-likeness (QED) is 0.612. The molecule has 26 heavy (non-hydrogen) atoms. The molecule has 0 bridgehead atoms. The number of carbonyl (C=O) groups is 1. The van der Waals surface area contributed by atoms with Gasteiger partial charge in [0.2, 0.25) is 0 Å². The number of aromatic nitrogens is 3. The van der Waals surface area contributed by atoms with E-state index in [-0.39, 0.29) is 5.91 Å². The van der Waals surface area contributed by atoms with Crippen molar-refractivity contribution in [2.24, 2.45) is 0 Å². The van der Waals surface area contributed by atoms with Gasteiger partial charge in [-0.2, -0.15) is 0 Å². The first kappa shape index (κ1) is 16.0. The maximum Gasteiger partial charge on any atom is 0.253 e. The normalized spacial score (nSPS) is 10.8. The number of pyridine rings is 1. The molecule has 0 radical (unpaired) electrons. The first-order valence-electron chi connectivity index (χ1n) is 8.40. The van der Waals surface area contributed by atoms with Gasteiger partial charge in [0, 0.05) is 48.7 Å². The zero-order valence-corrected chi connectivity index (χ0v) is 14.4. The molecular weight excluding hydrogens is 324 g/mol. The lowest BCUT2D eigenvalue weighted by Crippen LogP contribution is -2.26. The van der Waals surface area contributed by atoms with Gasteiger partial charge in [0.1, 0.15) is 5.82 Å². The molecule has 0 atom stereocenters.